The number of unbranched alkanes of at least 4 members (excludes halogenated alkanes) is 1. The predicted octanol–water partition coefficient (Wildman–Crippen LogP) is 4.54. The summed E-state index contributed by atoms with van der Waals surface area (Å²) in [6, 6.07) is 16.0. The SMILES string of the molecule is COc1ccccc1NC(=O)C(C1=Nc2ccccc2S(=O)(=O)N1CCCCOc1ccc(C)cc1C)N1C(=O)NC(C)(C)C1=O. The van der Waals surface area contributed by atoms with Crippen LogP contribution in [0.2, 0.25) is 0 Å². The van der Waals surface area contributed by atoms with Gasteiger partial charge in [0.05, 0.1) is 25.1 Å². The highest BCUT2D eigenvalue weighted by molar-refractivity contribution is 7.90. The number of para-hydroxylation sites is 3. The molecule has 12 nitrogen and oxygen atoms in total. The third-order valence-corrected chi connectivity index (χ3v) is 9.63. The number of aryl methyl sites for hydroxylation is 2. The minimum atomic E-state index is -4.25. The van der Waals surface area contributed by atoms with Gasteiger partial charge in [0.2, 0.25) is 0 Å². The van der Waals surface area contributed by atoms with E-state index in [1.807, 2.05) is 32.0 Å². The number of amidine groups is 1. The number of carbonyl (C=O) groups excluding carboxylic acids is 3. The highest BCUT2D eigenvalue weighted by atomic mass is 32.2. The number of benzene rings is 3. The van der Waals surface area contributed by atoms with Gasteiger partial charge in [-0.1, -0.05) is 42.0 Å². The van der Waals surface area contributed by atoms with Crippen LogP contribution < -0.4 is 20.1 Å². The van der Waals surface area contributed by atoms with Gasteiger partial charge in [0.15, 0.2) is 11.9 Å². The van der Waals surface area contributed by atoms with E-state index in [4.69, 9.17) is 9.47 Å². The van der Waals surface area contributed by atoms with Crippen molar-refractivity contribution in [2.75, 3.05) is 25.6 Å². The Morgan fingerprint density at radius 3 is 2.41 bits per heavy atom. The molecule has 1 saturated heterocycles. The Morgan fingerprint density at radius 1 is 1.00 bits per heavy atom. The van der Waals surface area contributed by atoms with Crippen molar-refractivity contribution in [3.8, 4) is 11.5 Å². The fourth-order valence-electron chi connectivity index (χ4n) is 5.43. The van der Waals surface area contributed by atoms with Crippen LogP contribution in [0.4, 0.5) is 16.2 Å². The molecule has 5 rings (SSSR count). The number of sulfonamides is 1. The quantitative estimate of drug-likeness (QED) is 0.229. The number of nitrogens with one attached hydrogen (secondary N) is 2. The first-order chi connectivity index (χ1) is 21.8. The van der Waals surface area contributed by atoms with Gasteiger partial charge < -0.3 is 20.1 Å². The van der Waals surface area contributed by atoms with Gasteiger partial charge in [0.1, 0.15) is 21.9 Å². The summed E-state index contributed by atoms with van der Waals surface area (Å²) in [6.07, 6.45) is 0.806. The zero-order chi connectivity index (χ0) is 33.2. The maximum atomic E-state index is 14.2. The second-order valence-corrected chi connectivity index (χ2v) is 13.5. The lowest BCUT2D eigenvalue weighted by Crippen LogP contribution is -2.59. The van der Waals surface area contributed by atoms with Crippen LogP contribution in [0.1, 0.15) is 37.8 Å². The molecule has 2 aliphatic rings. The van der Waals surface area contributed by atoms with Crippen LogP contribution in [0, 0.1) is 13.8 Å². The Hall–Kier alpha value is -4.91. The molecule has 13 heteroatoms. The lowest BCUT2D eigenvalue weighted by molar-refractivity contribution is -0.134. The van der Waals surface area contributed by atoms with Gasteiger partial charge in [-0.05, 0) is 76.4 Å². The van der Waals surface area contributed by atoms with Gasteiger partial charge in [0, 0.05) is 6.54 Å². The normalized spacial score (nSPS) is 17.1. The monoisotopic (exact) mass is 647 g/mol. The van der Waals surface area contributed by atoms with Gasteiger partial charge >= 0.3 is 6.03 Å². The van der Waals surface area contributed by atoms with Gasteiger partial charge in [-0.15, -0.1) is 0 Å². The van der Waals surface area contributed by atoms with Crippen molar-refractivity contribution in [3.63, 3.8) is 0 Å². The van der Waals surface area contributed by atoms with Gasteiger partial charge in [-0.2, -0.15) is 0 Å². The lowest BCUT2D eigenvalue weighted by atomic mass is 10.1. The largest absolute Gasteiger partial charge is 0.495 e. The summed E-state index contributed by atoms with van der Waals surface area (Å²) < 4.78 is 40.6. The number of urea groups is 1. The molecular formula is C33H37N5O7S. The van der Waals surface area contributed by atoms with E-state index in [0.29, 0.717) is 25.2 Å². The smallest absolute Gasteiger partial charge is 0.326 e. The number of hydrogen-bond acceptors (Lipinski definition) is 8. The van der Waals surface area contributed by atoms with Crippen LogP contribution in [-0.2, 0) is 19.6 Å². The van der Waals surface area contributed by atoms with Gasteiger partial charge in [-0.25, -0.2) is 23.1 Å². The topological polar surface area (TPSA) is 147 Å². The Bertz CT molecular complexity index is 1820. The number of ether oxygens (including phenoxy) is 2. The summed E-state index contributed by atoms with van der Waals surface area (Å²) in [4.78, 5) is 46.4. The van der Waals surface area contributed by atoms with Crippen molar-refractivity contribution in [2.24, 2.45) is 4.99 Å². The standard InChI is InChI=1S/C33H37N5O7S/c1-21-16-17-25(22(2)20-21)45-19-11-10-18-37-29(34-24-13-7-9-15-27(24)46(37,42)43)28(38-31(40)33(3,4)36-32(38)41)30(39)35-23-12-6-8-14-26(23)44-5/h6-9,12-17,20,28H,10-11,18-19H2,1-5H3,(H,35,39)(H,36,41). The minimum Gasteiger partial charge on any atom is -0.495 e. The number of hydrogen-bond donors (Lipinski definition) is 2. The summed E-state index contributed by atoms with van der Waals surface area (Å²) in [5.41, 5.74) is 1.12. The Balaban J connectivity index is 1.51. The molecule has 3 aromatic carbocycles. The number of anilines is 1. The molecule has 2 N–H and O–H groups in total. The van der Waals surface area contributed by atoms with Crippen LogP contribution in [0.5, 0.6) is 11.5 Å². The molecule has 0 aliphatic carbocycles. The maximum absolute atomic E-state index is 14.2. The lowest BCUT2D eigenvalue weighted by Gasteiger charge is -2.35. The van der Waals surface area contributed by atoms with Crippen molar-refractivity contribution in [3.05, 3.63) is 77.9 Å². The molecule has 4 amide bonds. The number of imide groups is 1. The molecule has 0 spiro atoms. The summed E-state index contributed by atoms with van der Waals surface area (Å²) in [5.74, 6) is -0.763. The average molecular weight is 648 g/mol. The van der Waals surface area contributed by atoms with E-state index in [1.54, 1.807) is 36.4 Å². The average Bonchev–Trinajstić information content (AvgIpc) is 3.21. The Labute approximate surface area is 268 Å². The highest BCUT2D eigenvalue weighted by Crippen LogP contribution is 2.35. The van der Waals surface area contributed by atoms with Crippen molar-refractivity contribution >= 4 is 45.1 Å². The first kappa shape index (κ1) is 32.5. The van der Waals surface area contributed by atoms with E-state index < -0.39 is 39.4 Å². The van der Waals surface area contributed by atoms with Crippen molar-refractivity contribution in [2.45, 2.75) is 57.0 Å². The van der Waals surface area contributed by atoms with Crippen LogP contribution in [0.3, 0.4) is 0 Å². The van der Waals surface area contributed by atoms with Crippen LogP contribution in [-0.4, -0.2) is 73.1 Å². The number of carbonyl (C=O) groups is 3. The molecule has 1 atom stereocenters. The minimum absolute atomic E-state index is 0.0494. The number of aliphatic imine (C=N–C) groups is 1. The number of fused-ring (bicyclic) bond motifs is 1. The van der Waals surface area contributed by atoms with Crippen molar-refractivity contribution < 1.29 is 32.3 Å². The molecule has 242 valence electrons. The Kier molecular flexibility index (Phi) is 9.06. The molecule has 0 aromatic heterocycles. The fourth-order valence-corrected chi connectivity index (χ4v) is 7.05. The molecule has 0 bridgehead atoms. The van der Waals surface area contributed by atoms with Crippen LogP contribution in [0.15, 0.2) is 76.6 Å². The first-order valence-electron chi connectivity index (χ1n) is 14.9. The predicted molar refractivity (Wildman–Crippen MR) is 173 cm³/mol. The number of rotatable bonds is 11. The summed E-state index contributed by atoms with van der Waals surface area (Å²) >= 11 is 0. The molecular weight excluding hydrogens is 610 g/mol. The molecule has 0 radical (unpaired) electrons. The van der Waals surface area contributed by atoms with Crippen molar-refractivity contribution in [1.82, 2.24) is 14.5 Å². The molecule has 0 saturated carbocycles. The summed E-state index contributed by atoms with van der Waals surface area (Å²) in [6.45, 7) is 7.19. The molecule has 46 heavy (non-hydrogen) atoms. The molecule has 3 aromatic rings. The number of nitrogens with zero attached hydrogens (tertiary/aromatic N) is 3. The summed E-state index contributed by atoms with van der Waals surface area (Å²) in [5, 5.41) is 5.30. The Morgan fingerprint density at radius 2 is 1.72 bits per heavy atom. The van der Waals surface area contributed by atoms with Gasteiger partial charge in [0.25, 0.3) is 21.8 Å². The second kappa shape index (κ2) is 12.8. The third kappa shape index (κ3) is 6.27. The van der Waals surface area contributed by atoms with E-state index in [0.717, 1.165) is 26.1 Å². The van der Waals surface area contributed by atoms with Crippen LogP contribution in [0.25, 0.3) is 0 Å². The summed E-state index contributed by atoms with van der Waals surface area (Å²) in [7, 11) is -2.82. The van der Waals surface area contributed by atoms with Gasteiger partial charge in [-0.3, -0.25) is 13.9 Å². The number of methoxy groups -OCH3 is 1. The van der Waals surface area contributed by atoms with E-state index >= 15 is 0 Å². The number of amides is 4. The van der Waals surface area contributed by atoms with E-state index in [2.05, 4.69) is 15.6 Å². The molecule has 1 fully saturated rings. The first-order valence-corrected chi connectivity index (χ1v) is 16.3. The molecule has 1 unspecified atom stereocenters. The van der Waals surface area contributed by atoms with E-state index in [1.165, 1.54) is 33.1 Å². The fraction of sp³-hybridized carbons (Fsp3) is 0.333. The molecule has 2 heterocycles. The maximum Gasteiger partial charge on any atom is 0.326 e. The molecule has 2 aliphatic heterocycles. The van der Waals surface area contributed by atoms with E-state index in [9.17, 15) is 22.8 Å². The highest BCUT2D eigenvalue weighted by Gasteiger charge is 2.53. The zero-order valence-electron chi connectivity index (χ0n) is 26.4. The van der Waals surface area contributed by atoms with E-state index in [-0.39, 0.29) is 28.7 Å². The second-order valence-electron chi connectivity index (χ2n) is 11.7. The zero-order valence-corrected chi connectivity index (χ0v) is 27.2. The van der Waals surface area contributed by atoms with Crippen LogP contribution >= 0.6 is 0 Å². The van der Waals surface area contributed by atoms with Crippen molar-refractivity contribution in [1.29, 1.82) is 0 Å². The third-order valence-electron chi connectivity index (χ3n) is 7.78.